The number of carbonyl (C=O) groups is 2. The fourth-order valence-electron chi connectivity index (χ4n) is 3.54. The minimum atomic E-state index is -1.30. The van der Waals surface area contributed by atoms with Crippen LogP contribution in [-0.4, -0.2) is 26.2 Å². The lowest BCUT2D eigenvalue weighted by Gasteiger charge is -2.34. The molecule has 5 heteroatoms. The first-order chi connectivity index (χ1) is 15.2. The third-order valence-electron chi connectivity index (χ3n) is 5.35. The van der Waals surface area contributed by atoms with Crippen molar-refractivity contribution in [3.05, 3.63) is 88.6 Å². The van der Waals surface area contributed by atoms with Gasteiger partial charge in [0.1, 0.15) is 0 Å². The SMILES string of the molecule is COC(=O)/C=C(\C(=O)OC)C1(C#Cc2ccc(C(C)(C)C)cc2)NC=Cc2ccccc21. The fraction of sp³-hybridized carbons (Fsp3) is 0.259. The number of carbonyl (C=O) groups excluding carboxylic acids is 2. The third kappa shape index (κ3) is 4.60. The molecule has 1 unspecified atom stereocenters. The molecule has 2 aromatic rings. The van der Waals surface area contributed by atoms with Gasteiger partial charge in [0.25, 0.3) is 0 Å². The van der Waals surface area contributed by atoms with Crippen molar-refractivity contribution in [3.63, 3.8) is 0 Å². The second-order valence-corrected chi connectivity index (χ2v) is 8.47. The molecule has 1 N–H and O–H groups in total. The highest BCUT2D eigenvalue weighted by molar-refractivity contribution is 6.00. The van der Waals surface area contributed by atoms with Crippen LogP contribution in [0.4, 0.5) is 0 Å². The van der Waals surface area contributed by atoms with E-state index in [4.69, 9.17) is 9.47 Å². The second-order valence-electron chi connectivity index (χ2n) is 8.47. The smallest absolute Gasteiger partial charge is 0.337 e. The van der Waals surface area contributed by atoms with Crippen LogP contribution in [0.2, 0.25) is 0 Å². The minimum absolute atomic E-state index is 0.0309. The van der Waals surface area contributed by atoms with Crippen molar-refractivity contribution in [2.24, 2.45) is 0 Å². The molecule has 164 valence electrons. The van der Waals surface area contributed by atoms with E-state index in [1.165, 1.54) is 19.8 Å². The molecule has 1 atom stereocenters. The Hall–Kier alpha value is -3.78. The summed E-state index contributed by atoms with van der Waals surface area (Å²) in [4.78, 5) is 25.0. The summed E-state index contributed by atoms with van der Waals surface area (Å²) in [7, 11) is 2.52. The predicted molar refractivity (Wildman–Crippen MR) is 124 cm³/mol. The van der Waals surface area contributed by atoms with Crippen LogP contribution in [0.1, 0.15) is 43.0 Å². The molecule has 5 nitrogen and oxygen atoms in total. The van der Waals surface area contributed by atoms with E-state index < -0.39 is 17.5 Å². The Morgan fingerprint density at radius 2 is 1.69 bits per heavy atom. The van der Waals surface area contributed by atoms with Gasteiger partial charge in [0.05, 0.1) is 19.8 Å². The molecule has 0 radical (unpaired) electrons. The summed E-state index contributed by atoms with van der Waals surface area (Å²) >= 11 is 0. The fourth-order valence-corrected chi connectivity index (χ4v) is 3.54. The Balaban J connectivity index is 2.21. The number of benzene rings is 2. The zero-order valence-electron chi connectivity index (χ0n) is 19.0. The van der Waals surface area contributed by atoms with Gasteiger partial charge < -0.3 is 14.8 Å². The Bertz CT molecular complexity index is 1140. The molecule has 0 fully saturated rings. The van der Waals surface area contributed by atoms with Gasteiger partial charge in [-0.05, 0) is 41.0 Å². The van der Waals surface area contributed by atoms with Crippen molar-refractivity contribution in [2.75, 3.05) is 14.2 Å². The molecule has 0 spiro atoms. The van der Waals surface area contributed by atoms with E-state index in [9.17, 15) is 9.59 Å². The van der Waals surface area contributed by atoms with Gasteiger partial charge >= 0.3 is 11.9 Å². The zero-order chi connectivity index (χ0) is 23.4. The van der Waals surface area contributed by atoms with Gasteiger partial charge in [-0.3, -0.25) is 0 Å². The van der Waals surface area contributed by atoms with E-state index in [-0.39, 0.29) is 11.0 Å². The summed E-state index contributed by atoms with van der Waals surface area (Å²) < 4.78 is 9.80. The highest BCUT2D eigenvalue weighted by Gasteiger charge is 2.42. The van der Waals surface area contributed by atoms with E-state index in [0.717, 1.165) is 22.8 Å². The van der Waals surface area contributed by atoms with Gasteiger partial charge in [-0.25, -0.2) is 9.59 Å². The predicted octanol–water partition coefficient (Wildman–Crippen LogP) is 4.08. The molecular formula is C27H27NO4. The van der Waals surface area contributed by atoms with Crippen molar-refractivity contribution in [1.82, 2.24) is 5.32 Å². The summed E-state index contributed by atoms with van der Waals surface area (Å²) in [6.07, 6.45) is 4.74. The molecular weight excluding hydrogens is 402 g/mol. The van der Waals surface area contributed by atoms with Gasteiger partial charge in [0, 0.05) is 17.2 Å². The Morgan fingerprint density at radius 3 is 2.31 bits per heavy atom. The van der Waals surface area contributed by atoms with Crippen LogP contribution in [-0.2, 0) is 30.0 Å². The Labute approximate surface area is 189 Å². The normalized spacial score (nSPS) is 17.3. The van der Waals surface area contributed by atoms with Crippen LogP contribution in [0.15, 0.2) is 66.4 Å². The molecule has 1 aliphatic heterocycles. The Morgan fingerprint density at radius 1 is 1.00 bits per heavy atom. The first kappa shape index (κ1) is 22.9. The first-order valence-corrected chi connectivity index (χ1v) is 10.3. The lowest BCUT2D eigenvalue weighted by atomic mass is 9.78. The van der Waals surface area contributed by atoms with E-state index in [0.29, 0.717) is 0 Å². The number of rotatable bonds is 3. The molecule has 0 aromatic heterocycles. The minimum Gasteiger partial charge on any atom is -0.466 e. The quantitative estimate of drug-likeness (QED) is 0.453. The average Bonchev–Trinajstić information content (AvgIpc) is 2.80. The molecule has 0 bridgehead atoms. The van der Waals surface area contributed by atoms with Crippen LogP contribution < -0.4 is 5.32 Å². The molecule has 2 aromatic carbocycles. The van der Waals surface area contributed by atoms with Gasteiger partial charge in [-0.15, -0.1) is 0 Å². The van der Waals surface area contributed by atoms with Crippen LogP contribution in [0, 0.1) is 11.8 Å². The maximum atomic E-state index is 12.8. The summed E-state index contributed by atoms with van der Waals surface area (Å²) in [5.74, 6) is 5.05. The third-order valence-corrected chi connectivity index (χ3v) is 5.35. The molecule has 3 rings (SSSR count). The molecule has 1 aliphatic rings. The Kier molecular flexibility index (Phi) is 6.55. The largest absolute Gasteiger partial charge is 0.466 e. The van der Waals surface area contributed by atoms with Crippen LogP contribution in [0.25, 0.3) is 6.08 Å². The van der Waals surface area contributed by atoms with E-state index in [1.807, 2.05) is 54.6 Å². The highest BCUT2D eigenvalue weighted by Crippen LogP contribution is 2.36. The molecule has 0 amide bonds. The van der Waals surface area contributed by atoms with Gasteiger partial charge in [-0.2, -0.15) is 0 Å². The summed E-state index contributed by atoms with van der Waals surface area (Å²) in [5, 5.41) is 3.21. The lowest BCUT2D eigenvalue weighted by Crippen LogP contribution is -2.45. The van der Waals surface area contributed by atoms with Crippen LogP contribution in [0.5, 0.6) is 0 Å². The number of nitrogens with one attached hydrogen (secondary N) is 1. The van der Waals surface area contributed by atoms with Crippen molar-refractivity contribution >= 4 is 18.0 Å². The molecule has 0 aliphatic carbocycles. The highest BCUT2D eigenvalue weighted by atomic mass is 16.5. The van der Waals surface area contributed by atoms with Gasteiger partial charge in [0.2, 0.25) is 0 Å². The lowest BCUT2D eigenvalue weighted by molar-refractivity contribution is -0.139. The number of methoxy groups -OCH3 is 2. The average molecular weight is 430 g/mol. The summed E-state index contributed by atoms with van der Waals surface area (Å²) in [6.45, 7) is 6.45. The molecule has 0 saturated carbocycles. The standard InChI is InChI=1S/C27H27NO4/c1-26(2,3)21-12-10-19(11-13-21)14-16-27(23(25(30)32-5)18-24(29)31-4)22-9-7-6-8-20(22)15-17-28-27/h6-13,15,17-18,28H,1-5H3/b23-18+. The van der Waals surface area contributed by atoms with Crippen molar-refractivity contribution in [3.8, 4) is 11.8 Å². The maximum absolute atomic E-state index is 12.8. The van der Waals surface area contributed by atoms with Gasteiger partial charge in [-0.1, -0.05) is 69.0 Å². The number of fused-ring (bicyclic) bond motifs is 1. The van der Waals surface area contributed by atoms with Crippen molar-refractivity contribution in [1.29, 1.82) is 0 Å². The number of ether oxygens (including phenoxy) is 2. The topological polar surface area (TPSA) is 64.6 Å². The molecule has 1 heterocycles. The van der Waals surface area contributed by atoms with Crippen molar-refractivity contribution < 1.29 is 19.1 Å². The molecule has 0 saturated heterocycles. The van der Waals surface area contributed by atoms with E-state index >= 15 is 0 Å². The zero-order valence-corrected chi connectivity index (χ0v) is 19.0. The number of esters is 2. The van der Waals surface area contributed by atoms with E-state index in [2.05, 4.69) is 37.9 Å². The van der Waals surface area contributed by atoms with Gasteiger partial charge in [0.15, 0.2) is 5.54 Å². The number of hydrogen-bond acceptors (Lipinski definition) is 5. The molecule has 32 heavy (non-hydrogen) atoms. The van der Waals surface area contributed by atoms with Crippen molar-refractivity contribution in [2.45, 2.75) is 31.7 Å². The number of hydrogen-bond donors (Lipinski definition) is 1. The van der Waals surface area contributed by atoms with Crippen LogP contribution >= 0.6 is 0 Å². The maximum Gasteiger partial charge on any atom is 0.337 e. The summed E-state index contributed by atoms with van der Waals surface area (Å²) in [5.41, 5.74) is 2.38. The van der Waals surface area contributed by atoms with Crippen LogP contribution in [0.3, 0.4) is 0 Å². The second kappa shape index (κ2) is 9.15. The van der Waals surface area contributed by atoms with E-state index in [1.54, 1.807) is 6.20 Å². The monoisotopic (exact) mass is 429 g/mol. The summed E-state index contributed by atoms with van der Waals surface area (Å²) in [6, 6.07) is 15.6. The first-order valence-electron chi connectivity index (χ1n) is 10.3.